The van der Waals surface area contributed by atoms with Crippen molar-refractivity contribution in [1.29, 1.82) is 0 Å². The molecule has 1 aliphatic carbocycles. The van der Waals surface area contributed by atoms with Crippen LogP contribution in [0.5, 0.6) is 0 Å². The number of nitrogens with one attached hydrogen (secondary N) is 2. The molecule has 1 saturated heterocycles. The van der Waals surface area contributed by atoms with E-state index >= 15 is 0 Å². The zero-order chi connectivity index (χ0) is 16.5. The van der Waals surface area contributed by atoms with E-state index in [1.54, 1.807) is 0 Å². The molecule has 0 atom stereocenters. The van der Waals surface area contributed by atoms with Gasteiger partial charge in [0.2, 0.25) is 5.91 Å². The van der Waals surface area contributed by atoms with Crippen molar-refractivity contribution in [3.8, 4) is 0 Å². The van der Waals surface area contributed by atoms with Gasteiger partial charge < -0.3 is 15.5 Å². The highest BCUT2D eigenvalue weighted by Gasteiger charge is 2.19. The van der Waals surface area contributed by atoms with Crippen molar-refractivity contribution in [1.82, 2.24) is 15.5 Å². The third kappa shape index (κ3) is 7.57. The minimum Gasteiger partial charge on any atom is -0.357 e. The smallest absolute Gasteiger partial charge is 0.222 e. The molecule has 0 aromatic heterocycles. The molecule has 0 bridgehead atoms. The van der Waals surface area contributed by atoms with E-state index in [1.807, 2.05) is 4.90 Å². The Morgan fingerprint density at radius 1 is 1.25 bits per heavy atom. The van der Waals surface area contributed by atoms with E-state index in [2.05, 4.69) is 24.5 Å². The van der Waals surface area contributed by atoms with E-state index in [1.165, 1.54) is 25.7 Å². The van der Waals surface area contributed by atoms with E-state index < -0.39 is 0 Å². The Morgan fingerprint density at radius 3 is 2.62 bits per heavy atom. The summed E-state index contributed by atoms with van der Waals surface area (Å²) in [6.45, 7) is 8.96. The van der Waals surface area contributed by atoms with Gasteiger partial charge in [0.1, 0.15) is 0 Å². The highest BCUT2D eigenvalue weighted by Crippen LogP contribution is 2.28. The van der Waals surface area contributed by atoms with Crippen molar-refractivity contribution < 1.29 is 4.79 Å². The van der Waals surface area contributed by atoms with Gasteiger partial charge in [0, 0.05) is 39.1 Å². The number of aliphatic imine (C=N–C) groups is 1. The van der Waals surface area contributed by atoms with Crippen LogP contribution < -0.4 is 10.6 Å². The molecular weight excluding hydrogens is 415 g/mol. The minimum atomic E-state index is 0. The first-order valence-electron chi connectivity index (χ1n) is 9.49. The van der Waals surface area contributed by atoms with Crippen LogP contribution in [0.4, 0.5) is 0 Å². The number of hydrogen-bond donors (Lipinski definition) is 2. The quantitative estimate of drug-likeness (QED) is 0.272. The third-order valence-electron chi connectivity index (χ3n) is 5.06. The van der Waals surface area contributed by atoms with Crippen LogP contribution >= 0.6 is 24.0 Å². The molecule has 1 aliphatic heterocycles. The van der Waals surface area contributed by atoms with Gasteiger partial charge in [-0.15, -0.1) is 24.0 Å². The lowest BCUT2D eigenvalue weighted by Gasteiger charge is -2.25. The molecule has 0 aromatic rings. The van der Waals surface area contributed by atoms with Crippen LogP contribution in [0, 0.1) is 11.8 Å². The fourth-order valence-electron chi connectivity index (χ4n) is 3.49. The Morgan fingerprint density at radius 2 is 2.00 bits per heavy atom. The maximum Gasteiger partial charge on any atom is 0.222 e. The van der Waals surface area contributed by atoms with Crippen molar-refractivity contribution in [3.05, 3.63) is 0 Å². The monoisotopic (exact) mass is 450 g/mol. The molecule has 24 heavy (non-hydrogen) atoms. The van der Waals surface area contributed by atoms with Crippen LogP contribution in [0.1, 0.15) is 58.8 Å². The summed E-state index contributed by atoms with van der Waals surface area (Å²) in [5.74, 6) is 2.90. The zero-order valence-electron chi connectivity index (χ0n) is 15.4. The van der Waals surface area contributed by atoms with Gasteiger partial charge in [-0.2, -0.15) is 0 Å². The van der Waals surface area contributed by atoms with E-state index in [4.69, 9.17) is 4.99 Å². The van der Waals surface area contributed by atoms with Gasteiger partial charge in [-0.3, -0.25) is 9.79 Å². The standard InChI is InChI=1S/C18H34N4O.HI/c1-3-19-18(21-14-16-9-7-15(2)8-10-16)20-11-5-13-22-12-4-6-17(22)23;/h15-16H,3-14H2,1-2H3,(H2,19,20,21);1H. The summed E-state index contributed by atoms with van der Waals surface area (Å²) >= 11 is 0. The van der Waals surface area contributed by atoms with E-state index in [9.17, 15) is 4.79 Å². The maximum atomic E-state index is 11.6. The predicted molar refractivity (Wildman–Crippen MR) is 111 cm³/mol. The van der Waals surface area contributed by atoms with Gasteiger partial charge in [0.05, 0.1) is 0 Å². The van der Waals surface area contributed by atoms with Crippen molar-refractivity contribution in [3.63, 3.8) is 0 Å². The van der Waals surface area contributed by atoms with Crippen LogP contribution in [0.15, 0.2) is 4.99 Å². The van der Waals surface area contributed by atoms with Gasteiger partial charge in [-0.25, -0.2) is 0 Å². The molecule has 0 unspecified atom stereocenters. The Labute approximate surface area is 164 Å². The fraction of sp³-hybridized carbons (Fsp3) is 0.889. The Balaban J connectivity index is 0.00000288. The topological polar surface area (TPSA) is 56.7 Å². The van der Waals surface area contributed by atoms with Crippen LogP contribution in [0.25, 0.3) is 0 Å². The number of likely N-dealkylation sites (tertiary alicyclic amines) is 1. The lowest BCUT2D eigenvalue weighted by molar-refractivity contribution is -0.127. The summed E-state index contributed by atoms with van der Waals surface area (Å²) in [5, 5.41) is 6.74. The number of nitrogens with zero attached hydrogens (tertiary/aromatic N) is 2. The van der Waals surface area contributed by atoms with Crippen molar-refractivity contribution >= 4 is 35.8 Å². The molecular formula is C18H35IN4O. The first kappa shape index (κ1) is 21.5. The molecule has 0 aromatic carbocycles. The van der Waals surface area contributed by atoms with Gasteiger partial charge >= 0.3 is 0 Å². The third-order valence-corrected chi connectivity index (χ3v) is 5.06. The lowest BCUT2D eigenvalue weighted by Crippen LogP contribution is -2.39. The average Bonchev–Trinajstić information content (AvgIpc) is 2.96. The van der Waals surface area contributed by atoms with Gasteiger partial charge in [0.25, 0.3) is 0 Å². The number of amides is 1. The molecule has 0 spiro atoms. The second-order valence-corrected chi connectivity index (χ2v) is 7.11. The summed E-state index contributed by atoms with van der Waals surface area (Å²) in [4.78, 5) is 18.3. The maximum absolute atomic E-state index is 11.6. The highest BCUT2D eigenvalue weighted by atomic mass is 127. The highest BCUT2D eigenvalue weighted by molar-refractivity contribution is 14.0. The number of halogens is 1. The van der Waals surface area contributed by atoms with E-state index in [-0.39, 0.29) is 24.0 Å². The second-order valence-electron chi connectivity index (χ2n) is 7.11. The molecule has 0 radical (unpaired) electrons. The summed E-state index contributed by atoms with van der Waals surface area (Å²) in [7, 11) is 0. The first-order valence-corrected chi connectivity index (χ1v) is 9.49. The van der Waals surface area contributed by atoms with Crippen LogP contribution in [-0.4, -0.2) is 49.5 Å². The second kappa shape index (κ2) is 11.9. The number of rotatable bonds is 7. The Kier molecular flexibility index (Phi) is 10.7. The molecule has 2 fully saturated rings. The van der Waals surface area contributed by atoms with Crippen molar-refractivity contribution in [2.45, 2.75) is 58.8 Å². The summed E-state index contributed by atoms with van der Waals surface area (Å²) in [5.41, 5.74) is 0. The van der Waals surface area contributed by atoms with E-state index in [0.29, 0.717) is 5.91 Å². The summed E-state index contributed by atoms with van der Waals surface area (Å²) in [6.07, 6.45) is 8.09. The molecule has 1 saturated carbocycles. The van der Waals surface area contributed by atoms with Crippen molar-refractivity contribution in [2.24, 2.45) is 16.8 Å². The van der Waals surface area contributed by atoms with Crippen molar-refractivity contribution in [2.75, 3.05) is 32.7 Å². The Hall–Kier alpha value is -0.530. The minimum absolute atomic E-state index is 0. The lowest BCUT2D eigenvalue weighted by atomic mass is 9.83. The predicted octanol–water partition coefficient (Wildman–Crippen LogP) is 3.00. The van der Waals surface area contributed by atoms with Gasteiger partial charge in [0.15, 0.2) is 5.96 Å². The number of carbonyl (C=O) groups is 1. The van der Waals surface area contributed by atoms with Crippen LogP contribution in [0.2, 0.25) is 0 Å². The molecule has 1 amide bonds. The number of hydrogen-bond acceptors (Lipinski definition) is 2. The van der Waals surface area contributed by atoms with Gasteiger partial charge in [-0.1, -0.05) is 19.8 Å². The number of guanidine groups is 1. The molecule has 2 N–H and O–H groups in total. The van der Waals surface area contributed by atoms with Crippen LogP contribution in [0.3, 0.4) is 0 Å². The summed E-state index contributed by atoms with van der Waals surface area (Å²) < 4.78 is 0. The normalized spacial score (nSPS) is 24.7. The van der Waals surface area contributed by atoms with Gasteiger partial charge in [-0.05, 0) is 44.4 Å². The first-order chi connectivity index (χ1) is 11.2. The zero-order valence-corrected chi connectivity index (χ0v) is 17.7. The van der Waals surface area contributed by atoms with E-state index in [0.717, 1.165) is 69.8 Å². The van der Waals surface area contributed by atoms with Crippen LogP contribution in [-0.2, 0) is 4.79 Å². The molecule has 1 heterocycles. The molecule has 140 valence electrons. The molecule has 2 rings (SSSR count). The Bertz CT molecular complexity index is 394. The SMILES string of the molecule is CCNC(=NCC1CCC(C)CC1)NCCCN1CCCC1=O.I. The largest absolute Gasteiger partial charge is 0.357 e. The molecule has 2 aliphatic rings. The summed E-state index contributed by atoms with van der Waals surface area (Å²) in [6, 6.07) is 0. The molecule has 6 heteroatoms. The average molecular weight is 450 g/mol. The fourth-order valence-corrected chi connectivity index (χ4v) is 3.49. The molecule has 5 nitrogen and oxygen atoms in total. The number of carbonyl (C=O) groups excluding carboxylic acids is 1.